The number of carbonyl (C=O) groups excluding carboxylic acids is 1. The second-order valence-corrected chi connectivity index (χ2v) is 6.30. The third-order valence-electron chi connectivity index (χ3n) is 4.64. The summed E-state index contributed by atoms with van der Waals surface area (Å²) < 4.78 is 5.71. The highest BCUT2D eigenvalue weighted by Gasteiger charge is 2.25. The van der Waals surface area contributed by atoms with Crippen molar-refractivity contribution in [2.45, 2.75) is 18.8 Å². The van der Waals surface area contributed by atoms with Crippen molar-refractivity contribution in [1.82, 2.24) is 24.8 Å². The first kappa shape index (κ1) is 16.4. The summed E-state index contributed by atoms with van der Waals surface area (Å²) in [5, 5.41) is 0.806. The van der Waals surface area contributed by atoms with Crippen LogP contribution in [-0.2, 0) is 4.79 Å². The summed E-state index contributed by atoms with van der Waals surface area (Å²) in [6.45, 7) is 1.37. The Kier molecular flexibility index (Phi) is 4.68. The van der Waals surface area contributed by atoms with Crippen molar-refractivity contribution in [1.29, 1.82) is 0 Å². The van der Waals surface area contributed by atoms with E-state index in [4.69, 9.17) is 4.74 Å². The quantitative estimate of drug-likeness (QED) is 0.718. The molecule has 0 radical (unpaired) electrons. The van der Waals surface area contributed by atoms with Crippen LogP contribution in [0.5, 0.6) is 5.88 Å². The molecule has 1 aliphatic heterocycles. The van der Waals surface area contributed by atoms with Gasteiger partial charge in [0.05, 0.1) is 10.9 Å². The molecule has 7 heteroatoms. The molecule has 0 spiro atoms. The molecule has 1 atom stereocenters. The van der Waals surface area contributed by atoms with Crippen LogP contribution in [0.4, 0.5) is 0 Å². The molecule has 1 saturated heterocycles. The maximum Gasteiger partial charge on any atom is 0.260 e. The van der Waals surface area contributed by atoms with Gasteiger partial charge in [-0.15, -0.1) is 0 Å². The van der Waals surface area contributed by atoms with E-state index in [0.717, 1.165) is 36.0 Å². The molecule has 1 aromatic carbocycles. The number of amides is 1. The van der Waals surface area contributed by atoms with E-state index < -0.39 is 0 Å². The molecule has 7 nitrogen and oxygen atoms in total. The number of ether oxygens (including phenoxy) is 1. The minimum atomic E-state index is -0.0357. The number of likely N-dealkylation sites (tertiary alicyclic amines) is 1. The number of fused-ring (bicyclic) bond motifs is 1. The van der Waals surface area contributed by atoms with Crippen LogP contribution in [-0.4, -0.2) is 50.4 Å². The summed E-state index contributed by atoms with van der Waals surface area (Å²) in [6, 6.07) is 9.51. The van der Waals surface area contributed by atoms with E-state index in [1.54, 1.807) is 12.5 Å². The van der Waals surface area contributed by atoms with Crippen molar-refractivity contribution in [3.63, 3.8) is 0 Å². The molecule has 3 aromatic rings. The summed E-state index contributed by atoms with van der Waals surface area (Å²) in [5.41, 5.74) is 1.78. The third-order valence-corrected chi connectivity index (χ3v) is 4.64. The fourth-order valence-electron chi connectivity index (χ4n) is 3.30. The van der Waals surface area contributed by atoms with Gasteiger partial charge < -0.3 is 9.64 Å². The summed E-state index contributed by atoms with van der Waals surface area (Å²) >= 11 is 0. The van der Waals surface area contributed by atoms with Crippen molar-refractivity contribution in [2.75, 3.05) is 19.7 Å². The van der Waals surface area contributed by atoms with Gasteiger partial charge in [-0.2, -0.15) is 0 Å². The van der Waals surface area contributed by atoms with E-state index in [1.807, 2.05) is 35.2 Å². The van der Waals surface area contributed by atoms with E-state index in [2.05, 4.69) is 19.9 Å². The molecular formula is C19H19N5O2. The zero-order valence-corrected chi connectivity index (χ0v) is 14.3. The molecule has 26 heavy (non-hydrogen) atoms. The molecule has 2 aromatic heterocycles. The van der Waals surface area contributed by atoms with E-state index >= 15 is 0 Å². The number of aromatic nitrogens is 4. The van der Waals surface area contributed by atoms with E-state index in [-0.39, 0.29) is 18.4 Å². The predicted octanol–water partition coefficient (Wildman–Crippen LogP) is 2.20. The Morgan fingerprint density at radius 1 is 1.15 bits per heavy atom. The number of carbonyl (C=O) groups is 1. The number of benzene rings is 1. The smallest absolute Gasteiger partial charge is 0.260 e. The first-order valence-corrected chi connectivity index (χ1v) is 8.67. The van der Waals surface area contributed by atoms with Gasteiger partial charge in [0.2, 0.25) is 5.88 Å². The Hall–Kier alpha value is -3.09. The Bertz CT molecular complexity index is 897. The number of hydrogen-bond acceptors (Lipinski definition) is 6. The van der Waals surface area contributed by atoms with Gasteiger partial charge in [0.25, 0.3) is 5.91 Å². The van der Waals surface area contributed by atoms with E-state index in [1.165, 1.54) is 6.33 Å². The monoisotopic (exact) mass is 349 g/mol. The zero-order valence-electron chi connectivity index (χ0n) is 14.3. The van der Waals surface area contributed by atoms with Gasteiger partial charge in [0.15, 0.2) is 6.61 Å². The SMILES string of the molecule is O=C(COc1ncnc2ccccc12)N1CCC[C@H](c2ccncn2)C1. The Morgan fingerprint density at radius 3 is 2.96 bits per heavy atom. The molecule has 0 saturated carbocycles. The second-order valence-electron chi connectivity index (χ2n) is 6.30. The summed E-state index contributed by atoms with van der Waals surface area (Å²) in [5.74, 6) is 0.648. The zero-order chi connectivity index (χ0) is 17.8. The summed E-state index contributed by atoms with van der Waals surface area (Å²) in [6.07, 6.45) is 6.73. The highest BCUT2D eigenvalue weighted by atomic mass is 16.5. The van der Waals surface area contributed by atoms with E-state index in [9.17, 15) is 4.79 Å². The number of nitrogens with zero attached hydrogens (tertiary/aromatic N) is 5. The minimum Gasteiger partial charge on any atom is -0.467 e. The molecular weight excluding hydrogens is 330 g/mol. The molecule has 1 fully saturated rings. The van der Waals surface area contributed by atoms with Gasteiger partial charge in [-0.25, -0.2) is 19.9 Å². The molecule has 132 valence electrons. The third kappa shape index (κ3) is 3.46. The number of rotatable bonds is 4. The number of piperidine rings is 1. The Balaban J connectivity index is 1.41. The average Bonchev–Trinajstić information content (AvgIpc) is 2.72. The molecule has 1 aliphatic rings. The van der Waals surface area contributed by atoms with Crippen LogP contribution < -0.4 is 4.74 Å². The number of hydrogen-bond donors (Lipinski definition) is 0. The van der Waals surface area contributed by atoms with Crippen molar-refractivity contribution >= 4 is 16.8 Å². The molecule has 0 bridgehead atoms. The van der Waals surface area contributed by atoms with Crippen LogP contribution in [0, 0.1) is 0 Å². The van der Waals surface area contributed by atoms with Gasteiger partial charge in [0.1, 0.15) is 12.7 Å². The van der Waals surface area contributed by atoms with Crippen LogP contribution in [0.2, 0.25) is 0 Å². The Labute approximate surface area is 151 Å². The Morgan fingerprint density at radius 2 is 2.08 bits per heavy atom. The van der Waals surface area contributed by atoms with Gasteiger partial charge in [-0.1, -0.05) is 12.1 Å². The van der Waals surface area contributed by atoms with Gasteiger partial charge in [-0.05, 0) is 31.0 Å². The summed E-state index contributed by atoms with van der Waals surface area (Å²) in [4.78, 5) is 31.1. The lowest BCUT2D eigenvalue weighted by molar-refractivity contribution is -0.134. The topological polar surface area (TPSA) is 81.1 Å². The standard InChI is InChI=1S/C19H19N5O2/c25-18(11-26-19-15-5-1-2-6-17(15)22-13-23-19)24-9-3-4-14(10-24)16-7-8-20-12-21-16/h1-2,5-8,12-14H,3-4,9-11H2/t14-/m0/s1. The summed E-state index contributed by atoms with van der Waals surface area (Å²) in [7, 11) is 0. The lowest BCUT2D eigenvalue weighted by Gasteiger charge is -2.32. The minimum absolute atomic E-state index is 0.0303. The van der Waals surface area contributed by atoms with Gasteiger partial charge >= 0.3 is 0 Å². The lowest BCUT2D eigenvalue weighted by atomic mass is 9.94. The van der Waals surface area contributed by atoms with E-state index in [0.29, 0.717) is 12.4 Å². The van der Waals surface area contributed by atoms with Crippen molar-refractivity contribution < 1.29 is 9.53 Å². The normalized spacial score (nSPS) is 17.2. The van der Waals surface area contributed by atoms with Crippen LogP contribution in [0.25, 0.3) is 10.9 Å². The predicted molar refractivity (Wildman–Crippen MR) is 95.6 cm³/mol. The molecule has 0 N–H and O–H groups in total. The lowest BCUT2D eigenvalue weighted by Crippen LogP contribution is -2.41. The number of para-hydroxylation sites is 1. The van der Waals surface area contributed by atoms with Crippen LogP contribution in [0.1, 0.15) is 24.5 Å². The first-order valence-electron chi connectivity index (χ1n) is 8.67. The van der Waals surface area contributed by atoms with Gasteiger partial charge in [0, 0.05) is 30.9 Å². The van der Waals surface area contributed by atoms with Crippen molar-refractivity contribution in [3.05, 3.63) is 54.9 Å². The van der Waals surface area contributed by atoms with Crippen LogP contribution in [0.3, 0.4) is 0 Å². The molecule has 1 amide bonds. The molecule has 4 rings (SSSR count). The second kappa shape index (κ2) is 7.43. The molecule has 0 unspecified atom stereocenters. The van der Waals surface area contributed by atoms with Crippen LogP contribution >= 0.6 is 0 Å². The maximum atomic E-state index is 12.6. The van der Waals surface area contributed by atoms with Crippen molar-refractivity contribution in [3.8, 4) is 5.88 Å². The van der Waals surface area contributed by atoms with Crippen LogP contribution in [0.15, 0.2) is 49.2 Å². The largest absolute Gasteiger partial charge is 0.467 e. The molecule has 0 aliphatic carbocycles. The van der Waals surface area contributed by atoms with Gasteiger partial charge in [-0.3, -0.25) is 4.79 Å². The highest BCUT2D eigenvalue weighted by molar-refractivity contribution is 5.84. The molecule has 3 heterocycles. The average molecular weight is 349 g/mol. The fraction of sp³-hybridized carbons (Fsp3) is 0.316. The maximum absolute atomic E-state index is 12.6. The van der Waals surface area contributed by atoms with Crippen molar-refractivity contribution in [2.24, 2.45) is 0 Å². The fourth-order valence-corrected chi connectivity index (χ4v) is 3.30. The highest BCUT2D eigenvalue weighted by Crippen LogP contribution is 2.25. The first-order chi connectivity index (χ1) is 12.8.